The van der Waals surface area contributed by atoms with Gasteiger partial charge in [-0.1, -0.05) is 13.8 Å². The molecule has 0 aliphatic heterocycles. The minimum atomic E-state index is -0.385. The molecule has 0 saturated heterocycles. The summed E-state index contributed by atoms with van der Waals surface area (Å²) in [7, 11) is 0. The van der Waals surface area contributed by atoms with Gasteiger partial charge in [-0.25, -0.2) is 14.5 Å². The van der Waals surface area contributed by atoms with Gasteiger partial charge >= 0.3 is 0 Å². The van der Waals surface area contributed by atoms with Crippen molar-refractivity contribution in [1.29, 1.82) is 0 Å². The van der Waals surface area contributed by atoms with Crippen molar-refractivity contribution in [3.05, 3.63) is 34.9 Å². The minimum absolute atomic E-state index is 0.0816. The summed E-state index contributed by atoms with van der Waals surface area (Å²) in [6.07, 6.45) is 1.64. The van der Waals surface area contributed by atoms with Crippen molar-refractivity contribution < 1.29 is 4.79 Å². The zero-order chi connectivity index (χ0) is 15.0. The molecule has 0 spiro atoms. The van der Waals surface area contributed by atoms with Crippen LogP contribution in [0.3, 0.4) is 0 Å². The Morgan fingerprint density at radius 3 is 2.86 bits per heavy atom. The van der Waals surface area contributed by atoms with Crippen LogP contribution in [-0.2, 0) is 0 Å². The summed E-state index contributed by atoms with van der Waals surface area (Å²) in [5, 5.41) is 9.36. The normalized spacial score (nSPS) is 11.2. The number of aryl methyl sites for hydroxylation is 1. The Balaban J connectivity index is 1.84. The maximum Gasteiger partial charge on any atom is 0.297 e. The maximum absolute atomic E-state index is 12.2. The maximum atomic E-state index is 12.2. The molecule has 0 saturated carbocycles. The van der Waals surface area contributed by atoms with Gasteiger partial charge in [0.15, 0.2) is 5.13 Å². The van der Waals surface area contributed by atoms with E-state index in [0.29, 0.717) is 16.8 Å². The quantitative estimate of drug-likeness (QED) is 0.802. The fourth-order valence-electron chi connectivity index (χ4n) is 1.76. The molecule has 1 amide bonds. The number of hydrogen-bond donors (Lipinski definition) is 1. The van der Waals surface area contributed by atoms with Gasteiger partial charge in [0.25, 0.3) is 11.7 Å². The highest BCUT2D eigenvalue weighted by Crippen LogP contribution is 2.21. The number of rotatable bonds is 3. The number of amides is 1. The lowest BCUT2D eigenvalue weighted by Crippen LogP contribution is -2.14. The van der Waals surface area contributed by atoms with E-state index < -0.39 is 0 Å². The Labute approximate surface area is 125 Å². The van der Waals surface area contributed by atoms with Crippen LogP contribution in [0.2, 0.25) is 0 Å². The molecular weight excluding hydrogens is 288 g/mol. The minimum Gasteiger partial charge on any atom is -0.295 e. The fourth-order valence-corrected chi connectivity index (χ4v) is 2.63. The molecule has 0 atom stereocenters. The van der Waals surface area contributed by atoms with Crippen molar-refractivity contribution >= 4 is 28.2 Å². The third-order valence-electron chi connectivity index (χ3n) is 2.97. The fraction of sp³-hybridized carbons (Fsp3) is 0.308. The van der Waals surface area contributed by atoms with Crippen molar-refractivity contribution in [3.8, 4) is 0 Å². The van der Waals surface area contributed by atoms with E-state index in [1.165, 1.54) is 15.9 Å². The molecule has 1 N–H and O–H groups in total. The predicted molar refractivity (Wildman–Crippen MR) is 79.7 cm³/mol. The molecule has 108 valence electrons. The Kier molecular flexibility index (Phi) is 3.38. The lowest BCUT2D eigenvalue weighted by molar-refractivity contribution is 0.101. The van der Waals surface area contributed by atoms with Crippen LogP contribution in [-0.4, -0.2) is 30.5 Å². The van der Waals surface area contributed by atoms with Gasteiger partial charge in [-0.2, -0.15) is 4.98 Å². The highest BCUT2D eigenvalue weighted by Gasteiger charge is 2.16. The Hall–Kier alpha value is -2.35. The molecule has 3 rings (SSSR count). The average Bonchev–Trinajstić information content (AvgIpc) is 3.05. The van der Waals surface area contributed by atoms with Crippen LogP contribution in [0.15, 0.2) is 17.6 Å². The van der Waals surface area contributed by atoms with Crippen LogP contribution in [0.1, 0.15) is 41.8 Å². The number of fused-ring (bicyclic) bond motifs is 1. The molecule has 0 aromatic carbocycles. The lowest BCUT2D eigenvalue weighted by atomic mass is 10.2. The summed E-state index contributed by atoms with van der Waals surface area (Å²) in [4.78, 5) is 24.7. The Morgan fingerprint density at radius 2 is 2.19 bits per heavy atom. The van der Waals surface area contributed by atoms with Crippen LogP contribution < -0.4 is 5.32 Å². The highest BCUT2D eigenvalue weighted by molar-refractivity contribution is 7.14. The first kappa shape index (κ1) is 13.6. The first-order valence-corrected chi connectivity index (χ1v) is 7.37. The van der Waals surface area contributed by atoms with Gasteiger partial charge in [0.2, 0.25) is 5.82 Å². The van der Waals surface area contributed by atoms with E-state index in [1.807, 2.05) is 12.3 Å². The van der Waals surface area contributed by atoms with E-state index in [2.05, 4.69) is 39.2 Å². The van der Waals surface area contributed by atoms with E-state index in [0.717, 1.165) is 11.4 Å². The number of anilines is 1. The summed E-state index contributed by atoms with van der Waals surface area (Å²) < 4.78 is 1.54. The van der Waals surface area contributed by atoms with Gasteiger partial charge in [-0.05, 0) is 18.9 Å². The summed E-state index contributed by atoms with van der Waals surface area (Å²) in [6.45, 7) is 5.98. The number of carbonyl (C=O) groups excluding carboxylic acids is 1. The van der Waals surface area contributed by atoms with Gasteiger partial charge in [-0.3, -0.25) is 10.1 Å². The summed E-state index contributed by atoms with van der Waals surface area (Å²) in [6, 6.07) is 1.80. The van der Waals surface area contributed by atoms with Crippen LogP contribution in [0.25, 0.3) is 5.78 Å². The van der Waals surface area contributed by atoms with Gasteiger partial charge < -0.3 is 0 Å². The van der Waals surface area contributed by atoms with Gasteiger partial charge in [-0.15, -0.1) is 16.4 Å². The van der Waals surface area contributed by atoms with E-state index in [1.54, 1.807) is 12.3 Å². The van der Waals surface area contributed by atoms with Crippen LogP contribution in [0, 0.1) is 6.92 Å². The van der Waals surface area contributed by atoms with Gasteiger partial charge in [0.1, 0.15) is 0 Å². The zero-order valence-corrected chi connectivity index (χ0v) is 12.7. The number of nitrogens with one attached hydrogen (secondary N) is 1. The number of nitrogens with zero attached hydrogens (tertiary/aromatic N) is 5. The summed E-state index contributed by atoms with van der Waals surface area (Å²) in [5.41, 5.74) is 1.82. The monoisotopic (exact) mass is 302 g/mol. The number of carbonyl (C=O) groups is 1. The first-order chi connectivity index (χ1) is 10.0. The number of hydrogen-bond acceptors (Lipinski definition) is 6. The SMILES string of the molecule is Cc1ccnc2nc(C(=O)Nc3nc(C(C)C)cs3)nn12. The molecule has 0 bridgehead atoms. The summed E-state index contributed by atoms with van der Waals surface area (Å²) in [5.74, 6) is 0.428. The molecule has 8 heteroatoms. The molecule has 7 nitrogen and oxygen atoms in total. The molecule has 0 fully saturated rings. The molecule has 0 aliphatic carbocycles. The molecule has 3 heterocycles. The number of thiazole rings is 1. The molecule has 0 aliphatic rings. The topological polar surface area (TPSA) is 85.1 Å². The second kappa shape index (κ2) is 5.21. The molecular formula is C13H14N6OS. The van der Waals surface area contributed by atoms with E-state index in [9.17, 15) is 4.79 Å². The van der Waals surface area contributed by atoms with Crippen LogP contribution in [0.4, 0.5) is 5.13 Å². The van der Waals surface area contributed by atoms with Crippen LogP contribution >= 0.6 is 11.3 Å². The second-order valence-corrected chi connectivity index (χ2v) is 5.78. The number of aromatic nitrogens is 5. The van der Waals surface area contributed by atoms with E-state index in [-0.39, 0.29) is 11.7 Å². The van der Waals surface area contributed by atoms with Gasteiger partial charge in [0.05, 0.1) is 5.69 Å². The van der Waals surface area contributed by atoms with Crippen molar-refractivity contribution in [2.24, 2.45) is 0 Å². The largest absolute Gasteiger partial charge is 0.297 e. The first-order valence-electron chi connectivity index (χ1n) is 6.50. The lowest BCUT2D eigenvalue weighted by Gasteiger charge is -1.98. The summed E-state index contributed by atoms with van der Waals surface area (Å²) >= 11 is 1.39. The zero-order valence-electron chi connectivity index (χ0n) is 11.9. The van der Waals surface area contributed by atoms with Crippen molar-refractivity contribution in [2.45, 2.75) is 26.7 Å². The predicted octanol–water partition coefficient (Wildman–Crippen LogP) is 2.26. The van der Waals surface area contributed by atoms with Gasteiger partial charge in [0, 0.05) is 17.3 Å². The highest BCUT2D eigenvalue weighted by atomic mass is 32.1. The Bertz CT molecular complexity index is 806. The van der Waals surface area contributed by atoms with E-state index >= 15 is 0 Å². The van der Waals surface area contributed by atoms with Crippen molar-refractivity contribution in [1.82, 2.24) is 24.6 Å². The standard InChI is InChI=1S/C13H14N6OS/c1-7(2)9-6-21-13(15-9)17-11(20)10-16-12-14-5-4-8(3)19(12)18-10/h4-7H,1-3H3,(H,15,17,20). The molecule has 3 aromatic heterocycles. The molecule has 0 unspecified atom stereocenters. The van der Waals surface area contributed by atoms with Crippen molar-refractivity contribution in [2.75, 3.05) is 5.32 Å². The average molecular weight is 302 g/mol. The second-order valence-electron chi connectivity index (χ2n) is 4.92. The Morgan fingerprint density at radius 1 is 1.38 bits per heavy atom. The third-order valence-corrected chi connectivity index (χ3v) is 3.74. The molecule has 0 radical (unpaired) electrons. The van der Waals surface area contributed by atoms with Crippen molar-refractivity contribution in [3.63, 3.8) is 0 Å². The molecule has 21 heavy (non-hydrogen) atoms. The van der Waals surface area contributed by atoms with Crippen LogP contribution in [0.5, 0.6) is 0 Å². The third kappa shape index (κ3) is 2.62. The van der Waals surface area contributed by atoms with E-state index in [4.69, 9.17) is 0 Å². The molecule has 3 aromatic rings. The smallest absolute Gasteiger partial charge is 0.295 e.